The summed E-state index contributed by atoms with van der Waals surface area (Å²) in [6, 6.07) is 0. The predicted molar refractivity (Wildman–Crippen MR) is 63.6 cm³/mol. The van der Waals surface area contributed by atoms with Crippen molar-refractivity contribution in [3.05, 3.63) is 55.3 Å². The van der Waals surface area contributed by atoms with Crippen LogP contribution in [-0.2, 0) is 21.7 Å². The zero-order valence-electron chi connectivity index (χ0n) is 9.42. The molecule has 2 rings (SSSR count). The van der Waals surface area contributed by atoms with Crippen molar-refractivity contribution in [2.45, 2.75) is 32.1 Å². The van der Waals surface area contributed by atoms with Gasteiger partial charge in [0.2, 0.25) is 0 Å². The summed E-state index contributed by atoms with van der Waals surface area (Å²) in [4.78, 5) is 0. The number of rotatable bonds is 0. The summed E-state index contributed by atoms with van der Waals surface area (Å²) in [6.45, 7) is 4.50. The summed E-state index contributed by atoms with van der Waals surface area (Å²) >= 11 is 0. The van der Waals surface area contributed by atoms with Crippen molar-refractivity contribution in [2.24, 2.45) is 0 Å². The van der Waals surface area contributed by atoms with Crippen LogP contribution in [0.15, 0.2) is 48.6 Å². The maximum absolute atomic E-state index is 7.50. The molecule has 0 saturated heterocycles. The van der Waals surface area contributed by atoms with Gasteiger partial charge in [0.15, 0.2) is 0 Å². The van der Waals surface area contributed by atoms with Crippen molar-refractivity contribution in [1.82, 2.24) is 0 Å². The normalized spacial score (nSPS) is 15.6. The van der Waals surface area contributed by atoms with Crippen LogP contribution in [0.3, 0.4) is 0 Å². The van der Waals surface area contributed by atoms with E-state index in [0.29, 0.717) is 0 Å². The van der Waals surface area contributed by atoms with Gasteiger partial charge in [-0.05, 0) is 32.1 Å². The van der Waals surface area contributed by atoms with Gasteiger partial charge in [0, 0.05) is 17.1 Å². The molecule has 0 amide bonds. The van der Waals surface area contributed by atoms with Crippen LogP contribution in [0.4, 0.5) is 0 Å². The summed E-state index contributed by atoms with van der Waals surface area (Å²) < 4.78 is 7.50. The zero-order chi connectivity index (χ0) is 11.2. The van der Waals surface area contributed by atoms with Crippen LogP contribution in [0, 0.1) is 6.65 Å². The fourth-order valence-electron chi connectivity index (χ4n) is 1.24. The Morgan fingerprint density at radius 1 is 0.625 bits per heavy atom. The van der Waals surface area contributed by atoms with Crippen LogP contribution in [-0.4, -0.2) is 0 Å². The van der Waals surface area contributed by atoms with Crippen molar-refractivity contribution in [2.75, 3.05) is 0 Å². The Bertz CT molecular complexity index is 235. The second-order valence-electron chi connectivity index (χ2n) is 3.19. The molecule has 0 fully saturated rings. The Morgan fingerprint density at radius 3 is 1.31 bits per heavy atom. The first-order valence-corrected chi connectivity index (χ1v) is 5.32. The summed E-state index contributed by atoms with van der Waals surface area (Å²) in [5.74, 6) is 0. The van der Waals surface area contributed by atoms with Gasteiger partial charge in [0.25, 0.3) is 0 Å². The van der Waals surface area contributed by atoms with Gasteiger partial charge in [0.05, 0.1) is 0 Å². The Hall–Kier alpha value is -0.781. The first-order valence-electron chi connectivity index (χ1n) is 5.32. The van der Waals surface area contributed by atoms with Crippen molar-refractivity contribution < 1.29 is 21.7 Å². The second-order valence-corrected chi connectivity index (χ2v) is 3.19. The second kappa shape index (κ2) is 16.6. The minimum absolute atomic E-state index is 0. The molecule has 0 spiro atoms. The van der Waals surface area contributed by atoms with E-state index >= 15 is 0 Å². The molecular formula is C14H18FeO. The van der Waals surface area contributed by atoms with Crippen LogP contribution in [0.25, 0.3) is 0 Å². The van der Waals surface area contributed by atoms with Gasteiger partial charge < -0.3 is 0 Å². The van der Waals surface area contributed by atoms with Gasteiger partial charge in [-0.25, -0.2) is 0 Å². The first kappa shape index (κ1) is 17.6. The molecule has 2 aliphatic rings. The molecule has 0 N–H and O–H groups in total. The third kappa shape index (κ3) is 13.2. The van der Waals surface area contributed by atoms with Crippen LogP contribution in [0.5, 0.6) is 0 Å². The van der Waals surface area contributed by atoms with Gasteiger partial charge in [0.1, 0.15) is 0 Å². The fourth-order valence-corrected chi connectivity index (χ4v) is 1.24. The molecule has 0 aliphatic heterocycles. The number of allylic oxidation sites excluding steroid dienone is 8. The monoisotopic (exact) mass is 258 g/mol. The molecule has 0 atom stereocenters. The predicted octanol–water partition coefficient (Wildman–Crippen LogP) is 4.14. The Morgan fingerprint density at radius 2 is 1.00 bits per heavy atom. The van der Waals surface area contributed by atoms with Gasteiger partial charge in [-0.1, -0.05) is 48.6 Å². The molecule has 0 radical (unpaired) electrons. The van der Waals surface area contributed by atoms with Gasteiger partial charge in [-0.3, -0.25) is 0 Å². The van der Waals surface area contributed by atoms with Crippen molar-refractivity contribution in [3.8, 4) is 0 Å². The standard InChI is InChI=1S/C7H10.C6H8.CO.Fe/c1-2-4-6-7-5-3-1;1-2-4-6-5-3-1;1-2;/h1-2,5,7H,3-4,6H2;1-4H,5-6H2;;. The van der Waals surface area contributed by atoms with E-state index in [4.69, 9.17) is 4.65 Å². The molecular weight excluding hydrogens is 240 g/mol. The summed E-state index contributed by atoms with van der Waals surface area (Å²) in [5, 5.41) is 0. The molecule has 0 aromatic carbocycles. The largest absolute Gasteiger partial charge is 0 e. The quantitative estimate of drug-likeness (QED) is 0.269. The number of hydrogen-bond donors (Lipinski definition) is 0. The first-order chi connectivity index (χ1) is 7.50. The molecule has 16 heavy (non-hydrogen) atoms. The molecule has 0 heterocycles. The topological polar surface area (TPSA) is 19.9 Å². The van der Waals surface area contributed by atoms with E-state index in [0.717, 1.165) is 6.42 Å². The summed E-state index contributed by atoms with van der Waals surface area (Å²) in [6.07, 6.45) is 23.5. The van der Waals surface area contributed by atoms with E-state index < -0.39 is 0 Å². The fraction of sp³-hybridized carbons (Fsp3) is 0.357. The smallest absolute Gasteiger partial charge is 0 e. The SMILES string of the molecule is C1=CCCC=C1.C1=CCCC=CC1.[C-]#[O+].[Fe]. The van der Waals surface area contributed by atoms with Crippen molar-refractivity contribution in [1.29, 1.82) is 0 Å². The Kier molecular flexibility index (Phi) is 18.3. The maximum atomic E-state index is 7.50. The van der Waals surface area contributed by atoms with E-state index in [9.17, 15) is 0 Å². The zero-order valence-corrected chi connectivity index (χ0v) is 10.5. The maximum Gasteiger partial charge on any atom is 0 e. The van der Waals surface area contributed by atoms with Crippen molar-refractivity contribution in [3.63, 3.8) is 0 Å². The molecule has 0 bridgehead atoms. The van der Waals surface area contributed by atoms with E-state index in [2.05, 4.69) is 55.3 Å². The van der Waals surface area contributed by atoms with Gasteiger partial charge in [-0.2, -0.15) is 0 Å². The summed E-state index contributed by atoms with van der Waals surface area (Å²) in [7, 11) is 0. The van der Waals surface area contributed by atoms with E-state index in [1.165, 1.54) is 25.7 Å². The summed E-state index contributed by atoms with van der Waals surface area (Å²) in [5.41, 5.74) is 0. The van der Waals surface area contributed by atoms with Gasteiger partial charge in [-0.15, -0.1) is 0 Å². The van der Waals surface area contributed by atoms with Crippen LogP contribution >= 0.6 is 0 Å². The minimum Gasteiger partial charge on any atom is 0 e. The molecule has 2 aliphatic carbocycles. The van der Waals surface area contributed by atoms with E-state index in [-0.39, 0.29) is 17.1 Å². The number of hydrogen-bond acceptors (Lipinski definition) is 0. The third-order valence-corrected chi connectivity index (χ3v) is 1.99. The van der Waals surface area contributed by atoms with E-state index in [1.807, 2.05) is 0 Å². The molecule has 0 aromatic heterocycles. The molecule has 0 unspecified atom stereocenters. The average molecular weight is 258 g/mol. The molecule has 88 valence electrons. The van der Waals surface area contributed by atoms with Gasteiger partial charge >= 0.3 is 11.3 Å². The van der Waals surface area contributed by atoms with Crippen LogP contribution in [0.1, 0.15) is 32.1 Å². The van der Waals surface area contributed by atoms with Crippen molar-refractivity contribution >= 4 is 0 Å². The third-order valence-electron chi connectivity index (χ3n) is 1.99. The molecule has 0 saturated carbocycles. The molecule has 1 nitrogen and oxygen atoms in total. The molecule has 0 aromatic rings. The molecule has 2 heteroatoms. The van der Waals surface area contributed by atoms with E-state index in [1.54, 1.807) is 0 Å². The Balaban J connectivity index is 0. The minimum atomic E-state index is 0. The van der Waals surface area contributed by atoms with Crippen LogP contribution < -0.4 is 0 Å². The average Bonchev–Trinajstić information content (AvgIpc) is 2.67. The Labute approximate surface area is 109 Å². The van der Waals surface area contributed by atoms with Crippen LogP contribution in [0.2, 0.25) is 0 Å².